The summed E-state index contributed by atoms with van der Waals surface area (Å²) in [5.74, 6) is -0.907. The number of carbonyl (C=O) groups is 3. The molecule has 2 atom stereocenters. The van der Waals surface area contributed by atoms with Crippen LogP contribution in [0.1, 0.15) is 22.3 Å². The van der Waals surface area contributed by atoms with Gasteiger partial charge in [0.05, 0.1) is 13.7 Å². The van der Waals surface area contributed by atoms with Crippen LogP contribution in [0.15, 0.2) is 42.5 Å². The number of methoxy groups -OCH3 is 1. The monoisotopic (exact) mass is 410 g/mol. The normalized spacial score (nSPS) is 17.6. The number of nitrogens with one attached hydrogen (secondary N) is 3. The van der Waals surface area contributed by atoms with Gasteiger partial charge < -0.3 is 20.3 Å². The summed E-state index contributed by atoms with van der Waals surface area (Å²) < 4.78 is 4.95. The highest BCUT2D eigenvalue weighted by molar-refractivity contribution is 5.95. The van der Waals surface area contributed by atoms with E-state index in [1.807, 2.05) is 56.3 Å². The fraction of sp³-hybridized carbons (Fsp3) is 0.348. The molecule has 1 unspecified atom stereocenters. The third-order valence-electron chi connectivity index (χ3n) is 5.65. The fourth-order valence-electron chi connectivity index (χ4n) is 3.77. The van der Waals surface area contributed by atoms with Crippen LogP contribution in [0.5, 0.6) is 0 Å². The smallest absolute Gasteiger partial charge is 0.365 e. The van der Waals surface area contributed by atoms with Gasteiger partial charge in [0.2, 0.25) is 5.91 Å². The fourth-order valence-corrected chi connectivity index (χ4v) is 3.77. The van der Waals surface area contributed by atoms with E-state index >= 15 is 0 Å². The van der Waals surface area contributed by atoms with Gasteiger partial charge in [-0.05, 0) is 36.6 Å². The number of anilines is 1. The van der Waals surface area contributed by atoms with Crippen molar-refractivity contribution in [2.75, 3.05) is 25.5 Å². The molecule has 0 aromatic heterocycles. The largest absolute Gasteiger partial charge is 0.465 e. The van der Waals surface area contributed by atoms with Crippen LogP contribution in [0.3, 0.4) is 0 Å². The van der Waals surface area contributed by atoms with Crippen LogP contribution >= 0.6 is 0 Å². The molecule has 7 nitrogen and oxygen atoms in total. The van der Waals surface area contributed by atoms with Gasteiger partial charge in [-0.25, -0.2) is 4.79 Å². The number of hydrogen-bond donors (Lipinski definition) is 3. The summed E-state index contributed by atoms with van der Waals surface area (Å²) in [6.07, 6.45) is 0.526. The minimum atomic E-state index is -0.445. The quantitative estimate of drug-likeness (QED) is 0.607. The van der Waals surface area contributed by atoms with Crippen LogP contribution in [0.2, 0.25) is 0 Å². The second kappa shape index (κ2) is 9.54. The predicted octanol–water partition coefficient (Wildman–Crippen LogP) is 0.541. The minimum Gasteiger partial charge on any atom is -0.465 e. The van der Waals surface area contributed by atoms with Crippen molar-refractivity contribution in [2.45, 2.75) is 32.9 Å². The molecule has 0 spiro atoms. The number of rotatable bonds is 6. The van der Waals surface area contributed by atoms with E-state index in [1.165, 1.54) is 7.11 Å². The van der Waals surface area contributed by atoms with Crippen molar-refractivity contribution < 1.29 is 24.0 Å². The molecule has 0 fully saturated rings. The van der Waals surface area contributed by atoms with Crippen LogP contribution in [0, 0.1) is 13.8 Å². The average Bonchev–Trinajstić information content (AvgIpc) is 2.74. The van der Waals surface area contributed by atoms with Gasteiger partial charge in [0, 0.05) is 17.7 Å². The van der Waals surface area contributed by atoms with Crippen molar-refractivity contribution in [1.82, 2.24) is 5.32 Å². The molecule has 1 aliphatic rings. The Balaban J connectivity index is 1.58. The van der Waals surface area contributed by atoms with Gasteiger partial charge in [-0.3, -0.25) is 9.59 Å². The van der Waals surface area contributed by atoms with Crippen molar-refractivity contribution in [3.8, 4) is 0 Å². The zero-order valence-electron chi connectivity index (χ0n) is 17.6. The Labute approximate surface area is 176 Å². The van der Waals surface area contributed by atoms with Crippen LogP contribution in [-0.4, -0.2) is 44.0 Å². The van der Waals surface area contributed by atoms with Crippen LogP contribution in [-0.2, 0) is 32.1 Å². The third-order valence-corrected chi connectivity index (χ3v) is 5.65. The standard InChI is InChI=1S/C23H27N3O4/c1-15-7-6-10-19(16(15)2)25-21(27)12-24-22(28)14-26-13-18-9-5-4-8-17(18)11-20(26)23(29)30-3/h4-10,20H,11-14H2,1-3H3,(H,24,28)(H,25,27)/p+1/t20-/m0/s1. The number of ether oxygens (including phenoxy) is 1. The molecule has 158 valence electrons. The van der Waals surface area contributed by atoms with Crippen molar-refractivity contribution in [1.29, 1.82) is 0 Å². The SMILES string of the molecule is COC(=O)[C@@H]1Cc2ccccc2C[NH+]1CC(=O)NCC(=O)Nc1cccc(C)c1C. The van der Waals surface area contributed by atoms with Gasteiger partial charge in [0.25, 0.3) is 5.91 Å². The Morgan fingerprint density at radius 1 is 1.03 bits per heavy atom. The molecule has 0 saturated heterocycles. The van der Waals surface area contributed by atoms with E-state index < -0.39 is 6.04 Å². The van der Waals surface area contributed by atoms with Crippen molar-refractivity contribution >= 4 is 23.5 Å². The Morgan fingerprint density at radius 3 is 2.50 bits per heavy atom. The molecule has 2 aromatic rings. The lowest BCUT2D eigenvalue weighted by atomic mass is 9.94. The Hall–Kier alpha value is -3.19. The summed E-state index contributed by atoms with van der Waals surface area (Å²) >= 11 is 0. The van der Waals surface area contributed by atoms with Gasteiger partial charge in [-0.2, -0.15) is 0 Å². The molecule has 0 bridgehead atoms. The molecule has 1 heterocycles. The van der Waals surface area contributed by atoms with E-state index in [9.17, 15) is 14.4 Å². The molecule has 3 N–H and O–H groups in total. The Kier molecular flexibility index (Phi) is 6.84. The van der Waals surface area contributed by atoms with Gasteiger partial charge in [-0.1, -0.05) is 36.4 Å². The second-order valence-corrected chi connectivity index (χ2v) is 7.63. The summed E-state index contributed by atoms with van der Waals surface area (Å²) in [5.41, 5.74) is 5.03. The maximum Gasteiger partial charge on any atom is 0.365 e. The number of quaternary nitrogens is 1. The van der Waals surface area contributed by atoms with E-state index in [2.05, 4.69) is 10.6 Å². The molecule has 3 rings (SSSR count). The number of fused-ring (bicyclic) bond motifs is 1. The molecule has 0 radical (unpaired) electrons. The summed E-state index contributed by atoms with van der Waals surface area (Å²) in [4.78, 5) is 37.8. The molecule has 30 heavy (non-hydrogen) atoms. The summed E-state index contributed by atoms with van der Waals surface area (Å²) in [5, 5.41) is 5.49. The molecule has 0 saturated carbocycles. The number of aryl methyl sites for hydroxylation is 1. The predicted molar refractivity (Wildman–Crippen MR) is 113 cm³/mol. The number of amides is 2. The van der Waals surface area contributed by atoms with Gasteiger partial charge in [0.15, 0.2) is 12.6 Å². The van der Waals surface area contributed by atoms with Crippen molar-refractivity contribution in [3.63, 3.8) is 0 Å². The first-order valence-corrected chi connectivity index (χ1v) is 10.0. The topological polar surface area (TPSA) is 88.9 Å². The van der Waals surface area contributed by atoms with Crippen molar-refractivity contribution in [3.05, 3.63) is 64.7 Å². The first-order valence-electron chi connectivity index (χ1n) is 10.0. The van der Waals surface area contributed by atoms with Gasteiger partial charge in [0.1, 0.15) is 6.54 Å². The number of carbonyl (C=O) groups excluding carboxylic acids is 3. The van der Waals surface area contributed by atoms with Crippen LogP contribution in [0.25, 0.3) is 0 Å². The minimum absolute atomic E-state index is 0.0881. The molecule has 1 aliphatic heterocycles. The number of benzene rings is 2. The number of hydrogen-bond acceptors (Lipinski definition) is 4. The zero-order valence-corrected chi connectivity index (χ0v) is 17.6. The highest BCUT2D eigenvalue weighted by Crippen LogP contribution is 2.17. The lowest BCUT2D eigenvalue weighted by molar-refractivity contribution is -0.924. The van der Waals surface area contributed by atoms with E-state index in [0.29, 0.717) is 13.0 Å². The molecule has 2 amide bonds. The van der Waals surface area contributed by atoms with Crippen LogP contribution < -0.4 is 15.5 Å². The van der Waals surface area contributed by atoms with E-state index in [-0.39, 0.29) is 30.9 Å². The first-order chi connectivity index (χ1) is 14.4. The number of esters is 1. The maximum absolute atomic E-state index is 12.5. The van der Waals surface area contributed by atoms with Gasteiger partial charge >= 0.3 is 5.97 Å². The lowest BCUT2D eigenvalue weighted by Gasteiger charge is -2.31. The van der Waals surface area contributed by atoms with E-state index in [4.69, 9.17) is 4.74 Å². The highest BCUT2D eigenvalue weighted by Gasteiger charge is 2.37. The zero-order chi connectivity index (χ0) is 21.7. The summed E-state index contributed by atoms with van der Waals surface area (Å²) in [6, 6.07) is 13.1. The summed E-state index contributed by atoms with van der Waals surface area (Å²) in [7, 11) is 1.36. The first kappa shape index (κ1) is 21.5. The highest BCUT2D eigenvalue weighted by atomic mass is 16.5. The lowest BCUT2D eigenvalue weighted by Crippen LogP contribution is -3.17. The third kappa shape index (κ3) is 5.04. The molecular weight excluding hydrogens is 382 g/mol. The maximum atomic E-state index is 12.5. The molecule has 0 aliphatic carbocycles. The molecular formula is C23H28N3O4+. The average molecular weight is 410 g/mol. The molecule has 7 heteroatoms. The van der Waals surface area contributed by atoms with E-state index in [1.54, 1.807) is 0 Å². The second-order valence-electron chi connectivity index (χ2n) is 7.63. The van der Waals surface area contributed by atoms with E-state index in [0.717, 1.165) is 32.8 Å². The summed E-state index contributed by atoms with van der Waals surface area (Å²) in [6.45, 7) is 4.43. The van der Waals surface area contributed by atoms with Gasteiger partial charge in [-0.15, -0.1) is 0 Å². The Morgan fingerprint density at radius 2 is 1.77 bits per heavy atom. The molecule has 2 aromatic carbocycles. The van der Waals surface area contributed by atoms with Crippen molar-refractivity contribution in [2.24, 2.45) is 0 Å². The Bertz CT molecular complexity index is 957. The van der Waals surface area contributed by atoms with Crippen LogP contribution in [0.4, 0.5) is 5.69 Å².